The number of nitro benzene ring substituents is 2. The average Bonchev–Trinajstić information content (AvgIpc) is 2.47. The van der Waals surface area contributed by atoms with Crippen molar-refractivity contribution in [3.05, 3.63) is 38.4 Å². The van der Waals surface area contributed by atoms with Gasteiger partial charge in [0.2, 0.25) is 12.0 Å². The minimum atomic E-state index is -1.68. The van der Waals surface area contributed by atoms with Crippen molar-refractivity contribution in [3.8, 4) is 5.75 Å². The first-order chi connectivity index (χ1) is 10.3. The highest BCUT2D eigenvalue weighted by Crippen LogP contribution is 2.37. The van der Waals surface area contributed by atoms with E-state index in [2.05, 4.69) is 0 Å². The van der Waals surface area contributed by atoms with Gasteiger partial charge in [-0.1, -0.05) is 6.07 Å². The largest absolute Gasteiger partial charge is 0.454 e. The first-order valence-corrected chi connectivity index (χ1v) is 6.07. The summed E-state index contributed by atoms with van der Waals surface area (Å²) in [4.78, 5) is 19.9. The van der Waals surface area contributed by atoms with Gasteiger partial charge < -0.3 is 24.8 Å². The van der Waals surface area contributed by atoms with Crippen LogP contribution in [0.4, 0.5) is 11.4 Å². The predicted molar refractivity (Wildman–Crippen MR) is 68.1 cm³/mol. The van der Waals surface area contributed by atoms with E-state index in [1.54, 1.807) is 0 Å². The normalized spacial score (nSPS) is 28.1. The van der Waals surface area contributed by atoms with E-state index in [1.807, 2.05) is 0 Å². The molecule has 1 aromatic carbocycles. The molecule has 1 aromatic rings. The second kappa shape index (κ2) is 6.19. The molecule has 0 aliphatic carbocycles. The zero-order valence-corrected chi connectivity index (χ0v) is 10.9. The highest BCUT2D eigenvalue weighted by molar-refractivity contribution is 5.61. The molecular weight excluding hydrogens is 304 g/mol. The maximum absolute atomic E-state index is 11.0. The number of benzene rings is 1. The molecule has 120 valence electrons. The van der Waals surface area contributed by atoms with Gasteiger partial charge in [-0.25, -0.2) is 0 Å². The molecule has 1 aliphatic heterocycles. The smallest absolute Gasteiger partial charge is 0.387 e. The fourth-order valence-electron chi connectivity index (χ4n) is 1.94. The third-order valence-corrected chi connectivity index (χ3v) is 3.05. The second-order valence-corrected chi connectivity index (χ2v) is 4.51. The predicted octanol–water partition coefficient (Wildman–Crippen LogP) is -0.679. The SMILES string of the molecule is O=[N+]([O-])c1cccc(O[C@@H]2OC[C@H](O)[C@H](O)[C@H]2O)c1[N+](=O)[O-]. The molecule has 11 heteroatoms. The molecule has 22 heavy (non-hydrogen) atoms. The van der Waals surface area contributed by atoms with Crippen LogP contribution >= 0.6 is 0 Å². The molecule has 1 saturated heterocycles. The fourth-order valence-corrected chi connectivity index (χ4v) is 1.94. The average molecular weight is 316 g/mol. The Kier molecular flexibility index (Phi) is 4.51. The van der Waals surface area contributed by atoms with Gasteiger partial charge in [0.1, 0.15) is 18.3 Å². The summed E-state index contributed by atoms with van der Waals surface area (Å²) in [7, 11) is 0. The van der Waals surface area contributed by atoms with E-state index in [1.165, 1.54) is 6.07 Å². The number of para-hydroxylation sites is 1. The molecule has 0 saturated carbocycles. The molecule has 1 fully saturated rings. The summed E-state index contributed by atoms with van der Waals surface area (Å²) >= 11 is 0. The maximum atomic E-state index is 11.0. The number of nitrogens with zero attached hydrogens (tertiary/aromatic N) is 2. The van der Waals surface area contributed by atoms with Crippen molar-refractivity contribution in [3.63, 3.8) is 0 Å². The van der Waals surface area contributed by atoms with Crippen molar-refractivity contribution >= 4 is 11.4 Å². The summed E-state index contributed by atoms with van der Waals surface area (Å²) in [6.07, 6.45) is -6.10. The monoisotopic (exact) mass is 316 g/mol. The minimum absolute atomic E-state index is 0.369. The number of ether oxygens (including phenoxy) is 2. The number of rotatable bonds is 4. The van der Waals surface area contributed by atoms with E-state index in [-0.39, 0.29) is 6.61 Å². The molecule has 11 nitrogen and oxygen atoms in total. The Morgan fingerprint density at radius 1 is 1.14 bits per heavy atom. The van der Waals surface area contributed by atoms with Crippen LogP contribution in [-0.4, -0.2) is 56.4 Å². The van der Waals surface area contributed by atoms with Gasteiger partial charge in [0.25, 0.3) is 0 Å². The topological polar surface area (TPSA) is 165 Å². The standard InChI is InChI=1S/C11H12N2O9/c14-6-4-21-11(10(16)9(6)15)22-7-3-1-2-5(12(17)18)8(7)13(19)20/h1-3,6,9-11,14-16H,4H2/t6-,9-,10+,11-/m0/s1. The van der Waals surface area contributed by atoms with Crippen LogP contribution in [0.2, 0.25) is 0 Å². The first kappa shape index (κ1) is 16.0. The summed E-state index contributed by atoms with van der Waals surface area (Å²) in [5, 5.41) is 50.4. The quantitative estimate of drug-likeness (QED) is 0.481. The van der Waals surface area contributed by atoms with Gasteiger partial charge in [-0.15, -0.1) is 0 Å². The molecule has 1 heterocycles. The van der Waals surface area contributed by atoms with E-state index in [4.69, 9.17) is 9.47 Å². The van der Waals surface area contributed by atoms with Gasteiger partial charge in [0.15, 0.2) is 0 Å². The molecule has 0 bridgehead atoms. The van der Waals surface area contributed by atoms with Gasteiger partial charge in [0.05, 0.1) is 16.5 Å². The Bertz CT molecular complexity index is 593. The summed E-state index contributed by atoms with van der Waals surface area (Å²) in [5.41, 5.74) is -1.68. The molecule has 3 N–H and O–H groups in total. The van der Waals surface area contributed by atoms with Gasteiger partial charge >= 0.3 is 11.4 Å². The Balaban J connectivity index is 2.32. The zero-order valence-electron chi connectivity index (χ0n) is 10.9. The van der Waals surface area contributed by atoms with Crippen LogP contribution in [0.3, 0.4) is 0 Å². The maximum Gasteiger partial charge on any atom is 0.387 e. The number of aliphatic hydroxyl groups excluding tert-OH is 3. The van der Waals surface area contributed by atoms with E-state index >= 15 is 0 Å². The third-order valence-electron chi connectivity index (χ3n) is 3.05. The Morgan fingerprint density at radius 3 is 2.41 bits per heavy atom. The summed E-state index contributed by atoms with van der Waals surface area (Å²) in [5.74, 6) is -0.494. The summed E-state index contributed by atoms with van der Waals surface area (Å²) in [6.45, 7) is -0.369. The molecule has 0 aromatic heterocycles. The van der Waals surface area contributed by atoms with Crippen LogP contribution in [0.25, 0.3) is 0 Å². The highest BCUT2D eigenvalue weighted by atomic mass is 16.7. The highest BCUT2D eigenvalue weighted by Gasteiger charge is 2.40. The molecule has 0 radical (unpaired) electrons. The summed E-state index contributed by atoms with van der Waals surface area (Å²) < 4.78 is 10.0. The first-order valence-electron chi connectivity index (χ1n) is 6.07. The minimum Gasteiger partial charge on any atom is -0.454 e. The van der Waals surface area contributed by atoms with E-state index in [9.17, 15) is 35.5 Å². The van der Waals surface area contributed by atoms with Crippen molar-refractivity contribution in [2.75, 3.05) is 6.61 Å². The second-order valence-electron chi connectivity index (χ2n) is 4.51. The van der Waals surface area contributed by atoms with Crippen molar-refractivity contribution in [1.29, 1.82) is 0 Å². The molecule has 2 rings (SSSR count). The van der Waals surface area contributed by atoms with Crippen LogP contribution in [0.1, 0.15) is 0 Å². The van der Waals surface area contributed by atoms with Crippen LogP contribution in [0, 0.1) is 20.2 Å². The van der Waals surface area contributed by atoms with Crippen LogP contribution in [0.5, 0.6) is 5.75 Å². The number of hydrogen-bond acceptors (Lipinski definition) is 9. The van der Waals surface area contributed by atoms with Crippen LogP contribution in [-0.2, 0) is 4.74 Å². The molecule has 0 unspecified atom stereocenters. The molecule has 0 amide bonds. The van der Waals surface area contributed by atoms with Crippen molar-refractivity contribution < 1.29 is 34.6 Å². The molecule has 0 spiro atoms. The van der Waals surface area contributed by atoms with E-state index in [0.29, 0.717) is 0 Å². The van der Waals surface area contributed by atoms with Crippen molar-refractivity contribution in [2.24, 2.45) is 0 Å². The van der Waals surface area contributed by atoms with Crippen LogP contribution < -0.4 is 4.74 Å². The van der Waals surface area contributed by atoms with Gasteiger partial charge in [0, 0.05) is 6.07 Å². The fraction of sp³-hybridized carbons (Fsp3) is 0.455. The van der Waals surface area contributed by atoms with Gasteiger partial charge in [-0.2, -0.15) is 0 Å². The third kappa shape index (κ3) is 2.96. The number of aliphatic hydroxyl groups is 3. The van der Waals surface area contributed by atoms with Crippen LogP contribution in [0.15, 0.2) is 18.2 Å². The van der Waals surface area contributed by atoms with E-state index < -0.39 is 51.6 Å². The lowest BCUT2D eigenvalue weighted by Gasteiger charge is -2.34. The zero-order chi connectivity index (χ0) is 16.4. The molecular formula is C11H12N2O9. The van der Waals surface area contributed by atoms with Crippen molar-refractivity contribution in [1.82, 2.24) is 0 Å². The van der Waals surface area contributed by atoms with Gasteiger partial charge in [-0.05, 0) is 6.07 Å². The summed E-state index contributed by atoms with van der Waals surface area (Å²) in [6, 6.07) is 3.20. The lowest BCUT2D eigenvalue weighted by Crippen LogP contribution is -2.54. The molecule has 1 aliphatic rings. The Labute approximate surface area is 122 Å². The Morgan fingerprint density at radius 2 is 1.82 bits per heavy atom. The lowest BCUT2D eigenvalue weighted by molar-refractivity contribution is -0.423. The number of nitro groups is 2. The van der Waals surface area contributed by atoms with E-state index in [0.717, 1.165) is 12.1 Å². The molecule has 4 atom stereocenters. The lowest BCUT2D eigenvalue weighted by atomic mass is 10.1. The number of hydrogen-bond donors (Lipinski definition) is 3. The van der Waals surface area contributed by atoms with Crippen molar-refractivity contribution in [2.45, 2.75) is 24.6 Å². The van der Waals surface area contributed by atoms with Gasteiger partial charge in [-0.3, -0.25) is 20.2 Å². The Hall–Kier alpha value is -2.34.